The van der Waals surface area contributed by atoms with Gasteiger partial charge in [0.15, 0.2) is 23.1 Å². The molecule has 226 valence electrons. The summed E-state index contributed by atoms with van der Waals surface area (Å²) >= 11 is 1.48. The molecule has 1 saturated carbocycles. The number of aromatic nitrogens is 3. The van der Waals surface area contributed by atoms with Crippen LogP contribution in [0, 0.1) is 11.2 Å². The van der Waals surface area contributed by atoms with Crippen molar-refractivity contribution in [3.8, 4) is 22.2 Å². The maximum Gasteiger partial charge on any atom is 0.166 e. The van der Waals surface area contributed by atoms with Crippen molar-refractivity contribution in [2.24, 2.45) is 12.5 Å². The van der Waals surface area contributed by atoms with Gasteiger partial charge in [0, 0.05) is 52.4 Å². The molecule has 5 aromatic rings. The summed E-state index contributed by atoms with van der Waals surface area (Å²) in [7, 11) is 3.64. The molecule has 0 atom stereocenters. The fourth-order valence-corrected chi connectivity index (χ4v) is 6.43. The van der Waals surface area contributed by atoms with Gasteiger partial charge in [0.1, 0.15) is 11.6 Å². The number of ether oxygens (including phenoxy) is 2. The Bertz CT molecular complexity index is 1810. The van der Waals surface area contributed by atoms with Crippen molar-refractivity contribution in [3.63, 3.8) is 0 Å². The number of thiophene rings is 1. The number of pyridine rings is 1. The van der Waals surface area contributed by atoms with Crippen LogP contribution in [0.2, 0.25) is 0 Å². The molecule has 1 N–H and O–H groups in total. The molecule has 0 saturated heterocycles. The van der Waals surface area contributed by atoms with E-state index in [9.17, 15) is 9.59 Å². The number of hydrogen-bond acceptors (Lipinski definition) is 8. The van der Waals surface area contributed by atoms with Crippen LogP contribution in [0.3, 0.4) is 0 Å². The fourth-order valence-electron chi connectivity index (χ4n) is 5.33. The number of imidazole rings is 1. The molecule has 1 fully saturated rings. The molecule has 3 heterocycles. The zero-order valence-corrected chi connectivity index (χ0v) is 25.5. The number of hydrogen-bond donors (Lipinski definition) is 1. The first-order chi connectivity index (χ1) is 21.4. The lowest BCUT2D eigenvalue weighted by molar-refractivity contribution is -0.133. The Balaban J connectivity index is 1.14. The Morgan fingerprint density at radius 2 is 1.77 bits per heavy atom. The Kier molecular flexibility index (Phi) is 8.65. The summed E-state index contributed by atoms with van der Waals surface area (Å²) in [6.07, 6.45) is 4.80. The van der Waals surface area contributed by atoms with E-state index in [4.69, 9.17) is 9.47 Å². The third-order valence-electron chi connectivity index (χ3n) is 8.08. The Morgan fingerprint density at radius 3 is 2.50 bits per heavy atom. The second kappa shape index (κ2) is 12.8. The SMILES string of the molecule is COCCNCc1cnc(-c2cc3nccc(Oc4ccc(CC(=O)C5(C(=O)Cc6ccccc6)CC5)cc4F)c3s2)n1C. The minimum Gasteiger partial charge on any atom is -0.453 e. The van der Waals surface area contributed by atoms with Crippen molar-refractivity contribution >= 4 is 33.1 Å². The lowest BCUT2D eigenvalue weighted by atomic mass is 9.88. The second-order valence-electron chi connectivity index (χ2n) is 11.1. The van der Waals surface area contributed by atoms with Crippen molar-refractivity contribution in [1.82, 2.24) is 19.9 Å². The van der Waals surface area contributed by atoms with E-state index in [1.54, 1.807) is 25.4 Å². The lowest BCUT2D eigenvalue weighted by Crippen LogP contribution is -2.28. The molecule has 10 heteroatoms. The third kappa shape index (κ3) is 6.19. The van der Waals surface area contributed by atoms with Crippen LogP contribution in [0.1, 0.15) is 29.7 Å². The monoisotopic (exact) mass is 612 g/mol. The molecular weight excluding hydrogens is 579 g/mol. The number of methoxy groups -OCH3 is 1. The largest absolute Gasteiger partial charge is 0.453 e. The van der Waals surface area contributed by atoms with Gasteiger partial charge in [0.2, 0.25) is 0 Å². The number of carbonyl (C=O) groups is 2. The number of Topliss-reactive ketones (excluding diaryl/α,β-unsaturated/α-hetero) is 2. The topological polar surface area (TPSA) is 95.3 Å². The van der Waals surface area contributed by atoms with Gasteiger partial charge < -0.3 is 19.4 Å². The summed E-state index contributed by atoms with van der Waals surface area (Å²) in [5.41, 5.74) is 2.21. The molecule has 0 aliphatic heterocycles. The Labute approximate surface area is 258 Å². The highest BCUT2D eigenvalue weighted by molar-refractivity contribution is 7.22. The van der Waals surface area contributed by atoms with Gasteiger partial charge in [0.05, 0.1) is 39.0 Å². The van der Waals surface area contributed by atoms with Crippen LogP contribution in [-0.2, 0) is 40.8 Å². The minimum absolute atomic E-state index is 0.000921. The van der Waals surface area contributed by atoms with Gasteiger partial charge in [-0.1, -0.05) is 36.4 Å². The highest BCUT2D eigenvalue weighted by atomic mass is 32.1. The number of fused-ring (bicyclic) bond motifs is 1. The van der Waals surface area contributed by atoms with E-state index in [2.05, 4.69) is 15.3 Å². The van der Waals surface area contributed by atoms with Gasteiger partial charge in [-0.15, -0.1) is 11.3 Å². The molecule has 0 amide bonds. The summed E-state index contributed by atoms with van der Waals surface area (Å²) in [5.74, 6) is 0.535. The second-order valence-corrected chi connectivity index (χ2v) is 12.1. The van der Waals surface area contributed by atoms with Crippen molar-refractivity contribution < 1.29 is 23.5 Å². The number of halogens is 1. The van der Waals surface area contributed by atoms with E-state index in [-0.39, 0.29) is 30.2 Å². The van der Waals surface area contributed by atoms with E-state index in [1.165, 1.54) is 23.5 Å². The maximum atomic E-state index is 15.3. The van der Waals surface area contributed by atoms with E-state index in [0.29, 0.717) is 37.3 Å². The van der Waals surface area contributed by atoms with Crippen molar-refractivity contribution in [3.05, 3.63) is 95.7 Å². The molecule has 1 aliphatic carbocycles. The van der Waals surface area contributed by atoms with E-state index >= 15 is 4.39 Å². The zero-order valence-electron chi connectivity index (χ0n) is 24.6. The summed E-state index contributed by atoms with van der Waals surface area (Å²) in [4.78, 5) is 36.2. The van der Waals surface area contributed by atoms with Gasteiger partial charge >= 0.3 is 0 Å². The van der Waals surface area contributed by atoms with Gasteiger partial charge in [-0.25, -0.2) is 9.37 Å². The molecule has 2 aromatic carbocycles. The minimum atomic E-state index is -0.949. The summed E-state index contributed by atoms with van der Waals surface area (Å²) < 4.78 is 29.2. The molecular formula is C34H33FN4O4S. The molecule has 0 bridgehead atoms. The van der Waals surface area contributed by atoms with Gasteiger partial charge in [-0.2, -0.15) is 0 Å². The van der Waals surface area contributed by atoms with Crippen LogP contribution in [0.25, 0.3) is 20.9 Å². The van der Waals surface area contributed by atoms with Gasteiger partial charge in [0.25, 0.3) is 0 Å². The molecule has 0 unspecified atom stereocenters. The first-order valence-electron chi connectivity index (χ1n) is 14.5. The lowest BCUT2D eigenvalue weighted by Gasteiger charge is -2.14. The van der Waals surface area contributed by atoms with Crippen molar-refractivity contribution in [1.29, 1.82) is 0 Å². The highest BCUT2D eigenvalue weighted by Crippen LogP contribution is 2.49. The van der Waals surface area contributed by atoms with Gasteiger partial charge in [-0.05, 0) is 42.2 Å². The number of rotatable bonds is 14. The molecule has 0 spiro atoms. The zero-order chi connectivity index (χ0) is 30.7. The maximum absolute atomic E-state index is 15.3. The molecule has 6 rings (SSSR count). The average molecular weight is 613 g/mol. The van der Waals surface area contributed by atoms with Gasteiger partial charge in [-0.3, -0.25) is 14.6 Å². The summed E-state index contributed by atoms with van der Waals surface area (Å²) in [6.45, 7) is 2.04. The summed E-state index contributed by atoms with van der Waals surface area (Å²) in [5, 5.41) is 3.33. The van der Waals surface area contributed by atoms with Crippen LogP contribution in [0.5, 0.6) is 11.5 Å². The van der Waals surface area contributed by atoms with Crippen molar-refractivity contribution in [2.45, 2.75) is 32.2 Å². The number of benzene rings is 2. The highest BCUT2D eigenvalue weighted by Gasteiger charge is 2.54. The number of nitrogens with one attached hydrogen (secondary N) is 1. The average Bonchev–Trinajstić information content (AvgIpc) is 3.61. The molecule has 3 aromatic heterocycles. The van der Waals surface area contributed by atoms with Crippen LogP contribution in [-0.4, -0.2) is 46.4 Å². The predicted octanol–water partition coefficient (Wildman–Crippen LogP) is 6.07. The van der Waals surface area contributed by atoms with Crippen LogP contribution in [0.15, 0.2) is 73.1 Å². The van der Waals surface area contributed by atoms with E-state index in [1.807, 2.05) is 54.2 Å². The number of nitrogens with zero attached hydrogens (tertiary/aromatic N) is 3. The number of carbonyl (C=O) groups excluding carboxylic acids is 2. The quantitative estimate of drug-likeness (QED) is 0.120. The third-order valence-corrected chi connectivity index (χ3v) is 9.21. The first kappa shape index (κ1) is 29.8. The summed E-state index contributed by atoms with van der Waals surface area (Å²) in [6, 6.07) is 17.6. The molecule has 44 heavy (non-hydrogen) atoms. The molecule has 0 radical (unpaired) electrons. The van der Waals surface area contributed by atoms with Crippen LogP contribution in [0.4, 0.5) is 4.39 Å². The Morgan fingerprint density at radius 1 is 1.00 bits per heavy atom. The smallest absolute Gasteiger partial charge is 0.166 e. The van der Waals surface area contributed by atoms with E-state index in [0.717, 1.165) is 38.7 Å². The predicted molar refractivity (Wildman–Crippen MR) is 167 cm³/mol. The van der Waals surface area contributed by atoms with Crippen LogP contribution < -0.4 is 10.1 Å². The van der Waals surface area contributed by atoms with E-state index < -0.39 is 11.2 Å². The molecule has 1 aliphatic rings. The fraction of sp³-hybridized carbons (Fsp3) is 0.294. The first-order valence-corrected chi connectivity index (χ1v) is 15.4. The standard InChI is InChI=1S/C34H33FN4O4S/c1-39-24(20-36-14-15-42-2)21-38-33(39)29-19-26-32(44-29)28(10-13-37-26)43-27-9-8-23(16-25(27)35)18-31(41)34(11-12-34)30(40)17-22-6-4-3-5-7-22/h3-10,13,16,19,21,36H,11-12,14-15,17-18,20H2,1-2H3. The normalized spacial score (nSPS) is 13.7. The Hall–Kier alpha value is -4.25. The number of ketones is 2. The van der Waals surface area contributed by atoms with Crippen molar-refractivity contribution in [2.75, 3.05) is 20.3 Å². The molecule has 8 nitrogen and oxygen atoms in total. The van der Waals surface area contributed by atoms with Crippen LogP contribution >= 0.6 is 11.3 Å².